The normalized spacial score (nSPS) is 13.0. The molecule has 1 amide bonds. The number of hydrogen-bond acceptors (Lipinski definition) is 8. The molecule has 0 aliphatic carbocycles. The molecule has 1 unspecified atom stereocenters. The third-order valence-corrected chi connectivity index (χ3v) is 8.55. The Morgan fingerprint density at radius 3 is 2.76 bits per heavy atom. The number of nitrogens with one attached hydrogen (secondary N) is 1. The van der Waals surface area contributed by atoms with Gasteiger partial charge in [0, 0.05) is 5.39 Å². The van der Waals surface area contributed by atoms with E-state index in [1.165, 1.54) is 35.2 Å². The number of aromatic nitrogens is 4. The number of pyridine rings is 1. The van der Waals surface area contributed by atoms with Gasteiger partial charge in [0.2, 0.25) is 15.9 Å². The number of sulfonamides is 1. The Hall–Kier alpha value is -3.06. The lowest BCUT2D eigenvalue weighted by Crippen LogP contribution is -2.24. The Kier molecular flexibility index (Phi) is 5.76. The number of aryl methyl sites for hydroxylation is 1. The molecule has 12 heteroatoms. The van der Waals surface area contributed by atoms with Gasteiger partial charge in [-0.25, -0.2) is 18.5 Å². The summed E-state index contributed by atoms with van der Waals surface area (Å²) in [5.41, 5.74) is 3.40. The number of fused-ring (bicyclic) bond motifs is 4. The van der Waals surface area contributed by atoms with Crippen molar-refractivity contribution < 1.29 is 13.2 Å². The van der Waals surface area contributed by atoms with Crippen LogP contribution >= 0.6 is 23.1 Å². The number of thiazole rings is 1. The van der Waals surface area contributed by atoms with E-state index >= 15 is 0 Å². The number of nitrogens with two attached hydrogens (primary N) is 1. The summed E-state index contributed by atoms with van der Waals surface area (Å²) >= 11 is 2.54. The summed E-state index contributed by atoms with van der Waals surface area (Å²) in [4.78, 5) is 17.5. The molecule has 1 atom stereocenters. The van der Waals surface area contributed by atoms with Crippen molar-refractivity contribution in [3.05, 3.63) is 54.1 Å². The Bertz CT molecular complexity index is 1680. The van der Waals surface area contributed by atoms with E-state index in [0.29, 0.717) is 26.9 Å². The van der Waals surface area contributed by atoms with Crippen molar-refractivity contribution in [2.24, 2.45) is 5.14 Å². The van der Waals surface area contributed by atoms with Gasteiger partial charge in [0.25, 0.3) is 0 Å². The maximum absolute atomic E-state index is 13.1. The molecule has 0 fully saturated rings. The summed E-state index contributed by atoms with van der Waals surface area (Å²) in [6.45, 7) is 3.97. The van der Waals surface area contributed by atoms with Gasteiger partial charge in [-0.2, -0.15) is 0 Å². The molecule has 34 heavy (non-hydrogen) atoms. The third-order valence-electron chi connectivity index (χ3n) is 5.40. The predicted molar refractivity (Wildman–Crippen MR) is 135 cm³/mol. The number of para-hydroxylation sites is 1. The molecule has 0 radical (unpaired) electrons. The first-order chi connectivity index (χ1) is 16.2. The van der Waals surface area contributed by atoms with E-state index in [-0.39, 0.29) is 10.8 Å². The van der Waals surface area contributed by atoms with Crippen LogP contribution in [-0.2, 0) is 14.8 Å². The Morgan fingerprint density at radius 1 is 1.21 bits per heavy atom. The number of benzene rings is 2. The molecule has 3 aromatic heterocycles. The second kappa shape index (κ2) is 8.62. The molecule has 2 aromatic carbocycles. The van der Waals surface area contributed by atoms with Gasteiger partial charge < -0.3 is 5.32 Å². The van der Waals surface area contributed by atoms with Crippen LogP contribution in [0.2, 0.25) is 0 Å². The van der Waals surface area contributed by atoms with Crippen LogP contribution in [0.15, 0.2) is 58.6 Å². The van der Waals surface area contributed by atoms with Gasteiger partial charge in [-0.3, -0.25) is 9.20 Å². The van der Waals surface area contributed by atoms with Crippen molar-refractivity contribution in [3.63, 3.8) is 0 Å². The molecule has 0 aliphatic rings. The monoisotopic (exact) mass is 512 g/mol. The van der Waals surface area contributed by atoms with E-state index in [1.54, 1.807) is 6.07 Å². The van der Waals surface area contributed by atoms with Crippen LogP contribution < -0.4 is 10.5 Å². The zero-order valence-electron chi connectivity index (χ0n) is 18.2. The quantitative estimate of drug-likeness (QED) is 0.329. The molecular weight excluding hydrogens is 492 g/mol. The molecule has 3 N–H and O–H groups in total. The first-order valence-corrected chi connectivity index (χ1v) is 13.6. The highest BCUT2D eigenvalue weighted by Gasteiger charge is 2.23. The molecule has 5 aromatic rings. The van der Waals surface area contributed by atoms with E-state index in [0.717, 1.165) is 22.1 Å². The number of carbonyl (C=O) groups excluding carboxylic acids is 1. The number of rotatable bonds is 6. The third kappa shape index (κ3) is 4.13. The second-order valence-corrected chi connectivity index (χ2v) is 11.5. The smallest absolute Gasteiger partial charge is 0.239 e. The first-order valence-electron chi connectivity index (χ1n) is 10.4. The van der Waals surface area contributed by atoms with Gasteiger partial charge in [0.1, 0.15) is 0 Å². The molecule has 5 rings (SSSR count). The van der Waals surface area contributed by atoms with Crippen LogP contribution in [0.25, 0.3) is 26.8 Å². The minimum Gasteiger partial charge on any atom is -0.301 e. The highest BCUT2D eigenvalue weighted by molar-refractivity contribution is 8.00. The minimum atomic E-state index is -3.82. The molecule has 0 bridgehead atoms. The Morgan fingerprint density at radius 2 is 2.00 bits per heavy atom. The van der Waals surface area contributed by atoms with Crippen LogP contribution in [-0.4, -0.2) is 39.2 Å². The van der Waals surface area contributed by atoms with E-state index in [9.17, 15) is 13.2 Å². The maximum atomic E-state index is 13.1. The average molecular weight is 513 g/mol. The van der Waals surface area contributed by atoms with E-state index in [2.05, 4.69) is 26.6 Å². The lowest BCUT2D eigenvalue weighted by Gasteiger charge is -2.13. The van der Waals surface area contributed by atoms with Crippen LogP contribution in [0.3, 0.4) is 0 Å². The van der Waals surface area contributed by atoms with E-state index in [4.69, 9.17) is 5.14 Å². The summed E-state index contributed by atoms with van der Waals surface area (Å²) in [6, 6.07) is 14.4. The van der Waals surface area contributed by atoms with Crippen molar-refractivity contribution in [3.8, 4) is 0 Å². The van der Waals surface area contributed by atoms with E-state index < -0.39 is 15.3 Å². The molecule has 0 spiro atoms. The number of nitrogens with zero attached hydrogens (tertiary/aromatic N) is 4. The highest BCUT2D eigenvalue weighted by atomic mass is 32.2. The van der Waals surface area contributed by atoms with Crippen molar-refractivity contribution in [1.29, 1.82) is 0 Å². The number of thioether (sulfide) groups is 1. The fourth-order valence-electron chi connectivity index (χ4n) is 3.72. The number of primary sulfonamides is 1. The number of amides is 1. The SMILES string of the molecule is CCC(Sc1nnc2cc(C)c3ccccc3n12)C(=O)Nc1nc2ccc(S(N)(=O)=O)cc2s1. The molecule has 0 saturated heterocycles. The maximum Gasteiger partial charge on any atom is 0.239 e. The van der Waals surface area contributed by atoms with Crippen LogP contribution in [0, 0.1) is 6.92 Å². The lowest BCUT2D eigenvalue weighted by molar-refractivity contribution is -0.115. The molecule has 0 saturated carbocycles. The standard InChI is InChI=1S/C22H20N6O3S3/c1-3-17(20(29)25-21-24-15-9-8-13(34(23,30)31)11-18(15)32-21)33-22-27-26-19-10-12(2)14-6-4-5-7-16(14)28(19)22/h4-11,17H,3H2,1-2H3,(H2,23,30,31)(H,24,25,29). The van der Waals surface area contributed by atoms with E-state index in [1.807, 2.05) is 42.5 Å². The summed E-state index contributed by atoms with van der Waals surface area (Å²) in [5, 5.41) is 18.4. The van der Waals surface area contributed by atoms with Crippen molar-refractivity contribution in [2.75, 3.05) is 5.32 Å². The lowest BCUT2D eigenvalue weighted by atomic mass is 10.1. The summed E-state index contributed by atoms with van der Waals surface area (Å²) < 4.78 is 25.8. The van der Waals surface area contributed by atoms with Crippen LogP contribution in [0.5, 0.6) is 0 Å². The fourth-order valence-corrected chi connectivity index (χ4v) is 6.22. The van der Waals surface area contributed by atoms with Gasteiger partial charge in [-0.1, -0.05) is 48.2 Å². The van der Waals surface area contributed by atoms with Crippen molar-refractivity contribution >= 4 is 70.9 Å². The van der Waals surface area contributed by atoms with Gasteiger partial charge in [-0.15, -0.1) is 10.2 Å². The van der Waals surface area contributed by atoms with Crippen molar-refractivity contribution in [2.45, 2.75) is 35.6 Å². The average Bonchev–Trinajstić information content (AvgIpc) is 3.39. The molecule has 3 heterocycles. The predicted octanol–water partition coefficient (Wildman–Crippen LogP) is 3.96. The zero-order valence-corrected chi connectivity index (χ0v) is 20.7. The topological polar surface area (TPSA) is 132 Å². The Labute approximate surface area is 203 Å². The van der Waals surface area contributed by atoms with Gasteiger partial charge in [0.15, 0.2) is 15.9 Å². The van der Waals surface area contributed by atoms with Crippen LogP contribution in [0.4, 0.5) is 5.13 Å². The number of hydrogen-bond donors (Lipinski definition) is 2. The number of carbonyl (C=O) groups is 1. The molecular formula is C22H20N6O3S3. The summed E-state index contributed by atoms with van der Waals surface area (Å²) in [6.07, 6.45) is 0.565. The molecule has 0 aliphatic heterocycles. The first kappa shape index (κ1) is 22.7. The van der Waals surface area contributed by atoms with Crippen molar-refractivity contribution in [1.82, 2.24) is 19.6 Å². The van der Waals surface area contributed by atoms with Gasteiger partial charge >= 0.3 is 0 Å². The Balaban J connectivity index is 1.42. The van der Waals surface area contributed by atoms with Crippen LogP contribution in [0.1, 0.15) is 18.9 Å². The van der Waals surface area contributed by atoms with Gasteiger partial charge in [0.05, 0.1) is 25.9 Å². The molecule has 9 nitrogen and oxygen atoms in total. The number of anilines is 1. The summed E-state index contributed by atoms with van der Waals surface area (Å²) in [5.74, 6) is -0.216. The fraction of sp³-hybridized carbons (Fsp3) is 0.182. The highest BCUT2D eigenvalue weighted by Crippen LogP contribution is 2.31. The minimum absolute atomic E-state index is 0.00432. The zero-order chi connectivity index (χ0) is 24.0. The van der Waals surface area contributed by atoms with Gasteiger partial charge in [-0.05, 0) is 49.2 Å². The molecule has 174 valence electrons. The second-order valence-electron chi connectivity index (χ2n) is 7.72. The summed E-state index contributed by atoms with van der Waals surface area (Å²) in [7, 11) is -3.82. The largest absolute Gasteiger partial charge is 0.301 e.